The van der Waals surface area contributed by atoms with E-state index in [1.54, 1.807) is 0 Å². The topological polar surface area (TPSA) is 56.1 Å². The largest absolute Gasteiger partial charge is 0.394 e. The second-order valence-corrected chi connectivity index (χ2v) is 5.89. The van der Waals surface area contributed by atoms with Crippen LogP contribution in [0.4, 0.5) is 0 Å². The normalized spacial score (nSPS) is 22.4. The Morgan fingerprint density at radius 2 is 2.29 bits per heavy atom. The molecule has 1 aromatic carbocycles. The summed E-state index contributed by atoms with van der Waals surface area (Å²) in [5.41, 5.74) is 2.08. The molecule has 1 N–H and O–H groups in total. The Hall–Kier alpha value is -1.43. The van der Waals surface area contributed by atoms with Crippen LogP contribution >= 0.6 is 11.6 Å². The number of aliphatic hydroxyl groups excluding tert-OH is 1. The first-order valence-electron chi connectivity index (χ1n) is 7.14. The number of benzene rings is 1. The highest BCUT2D eigenvalue weighted by Gasteiger charge is 2.38. The van der Waals surface area contributed by atoms with Crippen LogP contribution in [-0.2, 0) is 11.3 Å². The Bertz CT molecular complexity index is 576. The van der Waals surface area contributed by atoms with E-state index in [9.17, 15) is 4.79 Å². The highest BCUT2D eigenvalue weighted by atomic mass is 35.5. The van der Waals surface area contributed by atoms with Crippen molar-refractivity contribution in [3.05, 3.63) is 34.9 Å². The van der Waals surface area contributed by atoms with Gasteiger partial charge < -0.3 is 5.11 Å². The van der Waals surface area contributed by atoms with E-state index >= 15 is 0 Å². The van der Waals surface area contributed by atoms with Gasteiger partial charge in [0.05, 0.1) is 24.8 Å². The van der Waals surface area contributed by atoms with E-state index in [1.165, 1.54) is 5.01 Å². The van der Waals surface area contributed by atoms with E-state index in [0.29, 0.717) is 6.54 Å². The number of amides is 1. The van der Waals surface area contributed by atoms with Crippen LogP contribution in [0.1, 0.15) is 12.0 Å². The molecule has 2 heterocycles. The van der Waals surface area contributed by atoms with Crippen molar-refractivity contribution in [3.8, 4) is 0 Å². The van der Waals surface area contributed by atoms with E-state index < -0.39 is 0 Å². The van der Waals surface area contributed by atoms with Gasteiger partial charge in [-0.05, 0) is 24.1 Å². The molecule has 1 atom stereocenters. The molecule has 3 rings (SSSR count). The molecule has 2 aliphatic rings. The molecule has 1 aromatic rings. The Labute approximate surface area is 128 Å². The van der Waals surface area contributed by atoms with E-state index in [-0.39, 0.29) is 25.0 Å². The van der Waals surface area contributed by atoms with Gasteiger partial charge in [-0.1, -0.05) is 23.7 Å². The van der Waals surface area contributed by atoms with Crippen molar-refractivity contribution in [2.24, 2.45) is 11.0 Å². The first-order valence-corrected chi connectivity index (χ1v) is 7.51. The Morgan fingerprint density at radius 1 is 1.43 bits per heavy atom. The number of aliphatic hydroxyl groups is 1. The molecule has 0 aromatic heterocycles. The highest BCUT2D eigenvalue weighted by Crippen LogP contribution is 2.25. The van der Waals surface area contributed by atoms with Crippen LogP contribution < -0.4 is 0 Å². The van der Waals surface area contributed by atoms with Crippen LogP contribution in [0.3, 0.4) is 0 Å². The summed E-state index contributed by atoms with van der Waals surface area (Å²) in [5.74, 6) is -0.0615. The summed E-state index contributed by atoms with van der Waals surface area (Å²) in [6, 6.07) is 7.83. The average molecular weight is 308 g/mol. The summed E-state index contributed by atoms with van der Waals surface area (Å²) in [5, 5.41) is 15.5. The molecule has 5 nitrogen and oxygen atoms in total. The number of hydrazone groups is 1. The lowest BCUT2D eigenvalue weighted by atomic mass is 9.94. The summed E-state index contributed by atoms with van der Waals surface area (Å²) in [7, 11) is 0. The number of β-amino-alcohol motifs (C(OH)–C–C–N with tert-alkyl or cyclic N) is 1. The van der Waals surface area contributed by atoms with E-state index in [4.69, 9.17) is 16.7 Å². The van der Waals surface area contributed by atoms with Crippen molar-refractivity contribution in [2.75, 3.05) is 26.2 Å². The smallest absolute Gasteiger partial charge is 0.251 e. The first-order chi connectivity index (χ1) is 10.2. The predicted octanol–water partition coefficient (Wildman–Crippen LogP) is 1.35. The maximum absolute atomic E-state index is 12.1. The van der Waals surface area contributed by atoms with Gasteiger partial charge >= 0.3 is 0 Å². The minimum absolute atomic E-state index is 0.0291. The molecule has 0 radical (unpaired) electrons. The van der Waals surface area contributed by atoms with Crippen molar-refractivity contribution in [1.82, 2.24) is 9.91 Å². The maximum Gasteiger partial charge on any atom is 0.251 e. The van der Waals surface area contributed by atoms with Gasteiger partial charge in [0.25, 0.3) is 5.91 Å². The van der Waals surface area contributed by atoms with Crippen molar-refractivity contribution in [3.63, 3.8) is 0 Å². The van der Waals surface area contributed by atoms with E-state index in [2.05, 4.69) is 16.1 Å². The molecular formula is C15H18ClN3O2. The summed E-state index contributed by atoms with van der Waals surface area (Å²) >= 11 is 6.01. The van der Waals surface area contributed by atoms with Gasteiger partial charge in [-0.25, -0.2) is 5.01 Å². The average Bonchev–Trinajstić information content (AvgIpc) is 2.76. The van der Waals surface area contributed by atoms with Gasteiger partial charge in [-0.3, -0.25) is 9.69 Å². The number of carbonyl (C=O) groups excluding carboxylic acids is 1. The second kappa shape index (κ2) is 6.13. The SMILES string of the molecule is O=C1C2CCN(Cc3cccc(Cl)c3)CC2=NN1CCO. The Morgan fingerprint density at radius 3 is 3.05 bits per heavy atom. The van der Waals surface area contributed by atoms with Crippen molar-refractivity contribution in [2.45, 2.75) is 13.0 Å². The molecule has 112 valence electrons. The number of likely N-dealkylation sites (tertiary alicyclic amines) is 1. The first kappa shape index (κ1) is 14.5. The van der Waals surface area contributed by atoms with Crippen LogP contribution in [0.2, 0.25) is 5.02 Å². The molecule has 2 aliphatic heterocycles. The van der Waals surface area contributed by atoms with Crippen molar-refractivity contribution in [1.29, 1.82) is 0 Å². The molecule has 6 heteroatoms. The predicted molar refractivity (Wildman–Crippen MR) is 81.1 cm³/mol. The Kier molecular flexibility index (Phi) is 4.24. The van der Waals surface area contributed by atoms with Crippen molar-refractivity contribution < 1.29 is 9.90 Å². The minimum Gasteiger partial charge on any atom is -0.394 e. The summed E-state index contributed by atoms with van der Waals surface area (Å²) in [6.45, 7) is 2.61. The zero-order valence-corrected chi connectivity index (χ0v) is 12.5. The molecule has 1 amide bonds. The summed E-state index contributed by atoms with van der Waals surface area (Å²) in [6.07, 6.45) is 0.792. The van der Waals surface area contributed by atoms with Crippen molar-refractivity contribution >= 4 is 23.2 Å². The number of rotatable bonds is 4. The number of nitrogens with zero attached hydrogens (tertiary/aromatic N) is 3. The second-order valence-electron chi connectivity index (χ2n) is 5.46. The van der Waals surface area contributed by atoms with Gasteiger partial charge in [0, 0.05) is 24.7 Å². The third-order valence-electron chi connectivity index (χ3n) is 3.93. The number of fused-ring (bicyclic) bond motifs is 1. The molecule has 1 unspecified atom stereocenters. The third kappa shape index (κ3) is 3.10. The third-order valence-corrected chi connectivity index (χ3v) is 4.17. The van der Waals surface area contributed by atoms with Gasteiger partial charge in [0.15, 0.2) is 0 Å². The number of hydrogen-bond donors (Lipinski definition) is 1. The molecule has 1 fully saturated rings. The lowest BCUT2D eigenvalue weighted by molar-refractivity contribution is -0.132. The lowest BCUT2D eigenvalue weighted by Crippen LogP contribution is -2.41. The molecule has 0 saturated carbocycles. The van der Waals surface area contributed by atoms with Gasteiger partial charge in [0.2, 0.25) is 0 Å². The number of hydrogen-bond acceptors (Lipinski definition) is 4. The minimum atomic E-state index is -0.0906. The fraction of sp³-hybridized carbons (Fsp3) is 0.467. The molecule has 0 aliphatic carbocycles. The zero-order chi connectivity index (χ0) is 14.8. The Balaban J connectivity index is 1.67. The zero-order valence-electron chi connectivity index (χ0n) is 11.7. The standard InChI is InChI=1S/C15H18ClN3O2/c16-12-3-1-2-11(8-12)9-18-5-4-13-14(10-18)17-19(6-7-20)15(13)21/h1-3,8,13,20H,4-7,9-10H2. The van der Waals surface area contributed by atoms with Crippen LogP contribution in [0.25, 0.3) is 0 Å². The van der Waals surface area contributed by atoms with Crippen LogP contribution in [0.5, 0.6) is 0 Å². The number of piperidine rings is 1. The monoisotopic (exact) mass is 307 g/mol. The number of halogens is 1. The molecule has 21 heavy (non-hydrogen) atoms. The molecular weight excluding hydrogens is 290 g/mol. The molecule has 0 bridgehead atoms. The quantitative estimate of drug-likeness (QED) is 0.913. The summed E-state index contributed by atoms with van der Waals surface area (Å²) < 4.78 is 0. The fourth-order valence-corrected chi connectivity index (χ4v) is 3.14. The van der Waals surface area contributed by atoms with Crippen LogP contribution in [-0.4, -0.2) is 52.9 Å². The maximum atomic E-state index is 12.1. The number of carbonyl (C=O) groups is 1. The summed E-state index contributed by atoms with van der Waals surface area (Å²) in [4.78, 5) is 14.4. The molecule has 0 spiro atoms. The van der Waals surface area contributed by atoms with Crippen LogP contribution in [0.15, 0.2) is 29.4 Å². The van der Waals surface area contributed by atoms with Gasteiger partial charge in [-0.15, -0.1) is 0 Å². The molecule has 1 saturated heterocycles. The van der Waals surface area contributed by atoms with E-state index in [0.717, 1.165) is 35.8 Å². The van der Waals surface area contributed by atoms with Crippen LogP contribution in [0, 0.1) is 5.92 Å². The highest BCUT2D eigenvalue weighted by molar-refractivity contribution is 6.30. The van der Waals surface area contributed by atoms with Gasteiger partial charge in [-0.2, -0.15) is 5.10 Å². The fourth-order valence-electron chi connectivity index (χ4n) is 2.93. The van der Waals surface area contributed by atoms with E-state index in [1.807, 2.05) is 18.2 Å². The lowest BCUT2D eigenvalue weighted by Gasteiger charge is -2.29. The van der Waals surface area contributed by atoms with Gasteiger partial charge in [0.1, 0.15) is 0 Å².